The van der Waals surface area contributed by atoms with Crippen molar-refractivity contribution in [3.05, 3.63) is 29.8 Å². The molecule has 0 radical (unpaired) electrons. The third-order valence-electron chi connectivity index (χ3n) is 5.27. The Kier molecular flexibility index (Phi) is 14.1. The number of carbonyl (C=O) groups excluding carboxylic acids is 3. The number of unbranched alkanes of at least 4 members (excludes halogenated alkanes) is 2. The van der Waals surface area contributed by atoms with E-state index < -0.39 is 54.5 Å². The van der Waals surface area contributed by atoms with Crippen LogP contribution in [0.3, 0.4) is 0 Å². The van der Waals surface area contributed by atoms with E-state index in [-0.39, 0.29) is 25.0 Å². The molecular formula is C24H37N3O10. The van der Waals surface area contributed by atoms with Gasteiger partial charge in [-0.3, -0.25) is 19.2 Å². The SMILES string of the molecule is CCCCCNC(=O)C(Cc1ccc(OC(C(O)O)C(O)O)cc1)NC(=O)C(C)NC(=O)CCC(=O)O. The van der Waals surface area contributed by atoms with Crippen molar-refractivity contribution in [1.82, 2.24) is 16.0 Å². The summed E-state index contributed by atoms with van der Waals surface area (Å²) in [6, 6.07) is 3.96. The highest BCUT2D eigenvalue weighted by Crippen LogP contribution is 2.17. The van der Waals surface area contributed by atoms with Crippen molar-refractivity contribution in [2.75, 3.05) is 6.54 Å². The second-order valence-electron chi connectivity index (χ2n) is 8.50. The number of aliphatic carboxylic acids is 1. The number of amides is 3. The lowest BCUT2D eigenvalue weighted by atomic mass is 10.0. The van der Waals surface area contributed by atoms with Crippen LogP contribution < -0.4 is 20.7 Å². The molecule has 13 nitrogen and oxygen atoms in total. The number of hydrogen-bond donors (Lipinski definition) is 8. The monoisotopic (exact) mass is 527 g/mol. The lowest BCUT2D eigenvalue weighted by Crippen LogP contribution is -2.53. The van der Waals surface area contributed by atoms with Crippen LogP contribution in [-0.4, -0.2) is 86.5 Å². The lowest BCUT2D eigenvalue weighted by Gasteiger charge is -2.23. The molecule has 1 rings (SSSR count). The van der Waals surface area contributed by atoms with Crippen molar-refractivity contribution in [3.8, 4) is 5.75 Å². The van der Waals surface area contributed by atoms with Crippen LogP contribution in [0.5, 0.6) is 5.75 Å². The number of hydrogen-bond acceptors (Lipinski definition) is 9. The van der Waals surface area contributed by atoms with E-state index in [1.807, 2.05) is 6.92 Å². The molecule has 0 saturated heterocycles. The highest BCUT2D eigenvalue weighted by molar-refractivity contribution is 5.92. The normalized spacial score (nSPS) is 12.8. The molecule has 13 heteroatoms. The Balaban J connectivity index is 2.88. The van der Waals surface area contributed by atoms with E-state index in [0.717, 1.165) is 19.3 Å². The molecule has 0 saturated carbocycles. The molecule has 2 atom stereocenters. The summed E-state index contributed by atoms with van der Waals surface area (Å²) in [7, 11) is 0. The minimum Gasteiger partial charge on any atom is -0.481 e. The van der Waals surface area contributed by atoms with E-state index in [9.17, 15) is 39.6 Å². The Morgan fingerprint density at radius 1 is 0.892 bits per heavy atom. The van der Waals surface area contributed by atoms with Crippen LogP contribution in [0, 0.1) is 0 Å². The smallest absolute Gasteiger partial charge is 0.303 e. The van der Waals surface area contributed by atoms with Gasteiger partial charge in [-0.15, -0.1) is 0 Å². The zero-order valence-corrected chi connectivity index (χ0v) is 20.9. The first-order valence-electron chi connectivity index (χ1n) is 12.0. The number of carbonyl (C=O) groups is 4. The molecule has 0 aliphatic rings. The van der Waals surface area contributed by atoms with Crippen molar-refractivity contribution in [2.45, 2.75) is 83.1 Å². The summed E-state index contributed by atoms with van der Waals surface area (Å²) in [5.74, 6) is -2.70. The molecule has 1 aromatic carbocycles. The van der Waals surface area contributed by atoms with E-state index in [2.05, 4.69) is 16.0 Å². The van der Waals surface area contributed by atoms with Crippen LogP contribution in [0.15, 0.2) is 24.3 Å². The van der Waals surface area contributed by atoms with Crippen molar-refractivity contribution in [2.24, 2.45) is 0 Å². The Morgan fingerprint density at radius 3 is 2.05 bits per heavy atom. The van der Waals surface area contributed by atoms with E-state index in [0.29, 0.717) is 12.1 Å². The highest BCUT2D eigenvalue weighted by Gasteiger charge is 2.27. The molecule has 208 valence electrons. The highest BCUT2D eigenvalue weighted by atomic mass is 16.6. The van der Waals surface area contributed by atoms with Gasteiger partial charge in [0.2, 0.25) is 17.7 Å². The van der Waals surface area contributed by atoms with E-state index in [4.69, 9.17) is 9.84 Å². The quantitative estimate of drug-likeness (QED) is 0.0890. The van der Waals surface area contributed by atoms with Crippen LogP contribution in [0.25, 0.3) is 0 Å². The molecule has 8 N–H and O–H groups in total. The summed E-state index contributed by atoms with van der Waals surface area (Å²) in [6.07, 6.45) is -3.92. The molecule has 0 aliphatic heterocycles. The number of aliphatic hydroxyl groups excluding tert-OH is 2. The summed E-state index contributed by atoms with van der Waals surface area (Å²) in [5, 5.41) is 53.2. The van der Waals surface area contributed by atoms with Crippen molar-refractivity contribution < 1.29 is 49.4 Å². The van der Waals surface area contributed by atoms with Crippen molar-refractivity contribution in [3.63, 3.8) is 0 Å². The average Bonchev–Trinajstić information content (AvgIpc) is 2.83. The number of benzene rings is 1. The summed E-state index contributed by atoms with van der Waals surface area (Å²) >= 11 is 0. The average molecular weight is 528 g/mol. The summed E-state index contributed by atoms with van der Waals surface area (Å²) in [4.78, 5) is 48.0. The fraction of sp³-hybridized carbons (Fsp3) is 0.583. The Bertz CT molecular complexity index is 868. The van der Waals surface area contributed by atoms with Crippen LogP contribution >= 0.6 is 0 Å². The molecular weight excluding hydrogens is 490 g/mol. The largest absolute Gasteiger partial charge is 0.481 e. The van der Waals surface area contributed by atoms with Crippen LogP contribution in [0.4, 0.5) is 0 Å². The van der Waals surface area contributed by atoms with Gasteiger partial charge in [-0.2, -0.15) is 0 Å². The van der Waals surface area contributed by atoms with Crippen LogP contribution in [0.1, 0.15) is 51.5 Å². The van der Waals surface area contributed by atoms with E-state index >= 15 is 0 Å². The molecule has 2 unspecified atom stereocenters. The molecule has 0 aliphatic carbocycles. The Labute approximate surface area is 214 Å². The second kappa shape index (κ2) is 16.5. The van der Waals surface area contributed by atoms with Gasteiger partial charge in [0.05, 0.1) is 6.42 Å². The first kappa shape index (κ1) is 31.8. The van der Waals surface area contributed by atoms with E-state index in [1.165, 1.54) is 19.1 Å². The summed E-state index contributed by atoms with van der Waals surface area (Å²) in [6.45, 7) is 3.86. The fourth-order valence-corrected chi connectivity index (χ4v) is 3.19. The Hall–Kier alpha value is -3.26. The minimum atomic E-state index is -2.14. The zero-order chi connectivity index (χ0) is 28.0. The van der Waals surface area contributed by atoms with Crippen molar-refractivity contribution in [1.29, 1.82) is 0 Å². The van der Waals surface area contributed by atoms with Gasteiger partial charge in [-0.1, -0.05) is 31.9 Å². The van der Waals surface area contributed by atoms with Crippen LogP contribution in [-0.2, 0) is 25.6 Å². The lowest BCUT2D eigenvalue weighted by molar-refractivity contribution is -0.201. The molecule has 0 fully saturated rings. The number of aliphatic hydroxyl groups is 4. The fourth-order valence-electron chi connectivity index (χ4n) is 3.19. The van der Waals surface area contributed by atoms with Crippen molar-refractivity contribution >= 4 is 23.7 Å². The zero-order valence-electron chi connectivity index (χ0n) is 20.9. The van der Waals surface area contributed by atoms with Gasteiger partial charge >= 0.3 is 5.97 Å². The number of nitrogens with one attached hydrogen (secondary N) is 3. The van der Waals surface area contributed by atoms with Gasteiger partial charge < -0.3 is 46.2 Å². The molecule has 0 bridgehead atoms. The summed E-state index contributed by atoms with van der Waals surface area (Å²) < 4.78 is 5.16. The topological polar surface area (TPSA) is 215 Å². The van der Waals surface area contributed by atoms with Gasteiger partial charge in [0.15, 0.2) is 18.7 Å². The third-order valence-corrected chi connectivity index (χ3v) is 5.27. The van der Waals surface area contributed by atoms with Gasteiger partial charge in [0.25, 0.3) is 0 Å². The molecule has 37 heavy (non-hydrogen) atoms. The van der Waals surface area contributed by atoms with Gasteiger partial charge in [-0.25, -0.2) is 0 Å². The number of carboxylic acids is 1. The maximum Gasteiger partial charge on any atom is 0.303 e. The second-order valence-corrected chi connectivity index (χ2v) is 8.50. The standard InChI is InChI=1S/C24H37N3O10/c1-3-4-5-12-25-22(32)17(27-21(31)14(2)26-18(28)10-11-19(29)30)13-15-6-8-16(9-7-15)37-20(23(33)34)24(35)36/h6-9,14,17,20,23-24,33-36H,3-5,10-13H2,1-2H3,(H,25,32)(H,26,28)(H,27,31)(H,29,30). The minimum absolute atomic E-state index is 0.0694. The molecule has 0 aromatic heterocycles. The predicted molar refractivity (Wildman–Crippen MR) is 130 cm³/mol. The first-order valence-corrected chi connectivity index (χ1v) is 12.0. The van der Waals surface area contributed by atoms with E-state index in [1.54, 1.807) is 12.1 Å². The molecule has 0 spiro atoms. The van der Waals surface area contributed by atoms with Crippen LogP contribution in [0.2, 0.25) is 0 Å². The maximum atomic E-state index is 12.8. The number of ether oxygens (including phenoxy) is 1. The van der Waals surface area contributed by atoms with Gasteiger partial charge in [0.1, 0.15) is 17.8 Å². The molecule has 3 amide bonds. The van der Waals surface area contributed by atoms with Gasteiger partial charge in [-0.05, 0) is 31.0 Å². The first-order chi connectivity index (χ1) is 17.4. The van der Waals surface area contributed by atoms with Gasteiger partial charge in [0, 0.05) is 19.4 Å². The predicted octanol–water partition coefficient (Wildman–Crippen LogP) is -1.24. The third kappa shape index (κ3) is 12.5. The number of carboxylic acid groups (broad SMARTS) is 1. The Morgan fingerprint density at radius 2 is 1.51 bits per heavy atom. The molecule has 0 heterocycles. The maximum absolute atomic E-state index is 12.8. The number of rotatable bonds is 17. The molecule has 1 aromatic rings. The summed E-state index contributed by atoms with van der Waals surface area (Å²) in [5.41, 5.74) is 0.602.